The number of allylic oxidation sites excluding steroid dienone is 1. The first-order chi connectivity index (χ1) is 22.1. The number of rotatable bonds is 7. The van der Waals surface area contributed by atoms with Crippen LogP contribution in [0.5, 0.6) is 5.75 Å². The molecule has 0 saturated heterocycles. The van der Waals surface area contributed by atoms with Crippen molar-refractivity contribution in [3.63, 3.8) is 0 Å². The third-order valence-electron chi connectivity index (χ3n) is 6.92. The zero-order valence-electron chi connectivity index (χ0n) is 24.3. The van der Waals surface area contributed by atoms with Gasteiger partial charge >= 0.3 is 11.9 Å². The molecule has 1 heterocycles. The first-order valence-corrected chi connectivity index (χ1v) is 15.6. The molecule has 1 aliphatic heterocycles. The highest BCUT2D eigenvalue weighted by Crippen LogP contribution is 2.38. The van der Waals surface area contributed by atoms with Crippen molar-refractivity contribution in [3.8, 4) is 5.75 Å². The molecule has 232 valence electrons. The first-order valence-electron chi connectivity index (χ1n) is 13.8. The number of likely N-dealkylation sites (N-methyl/N-ethyl adjacent to an activating group) is 1. The molecule has 46 heavy (non-hydrogen) atoms. The zero-order valence-corrected chi connectivity index (χ0v) is 25.9. The summed E-state index contributed by atoms with van der Waals surface area (Å²) in [7, 11) is -2.80. The molecule has 0 radical (unpaired) electrons. The van der Waals surface area contributed by atoms with E-state index < -0.39 is 27.7 Å². The molecule has 0 amide bonds. The molecule has 11 heteroatoms. The van der Waals surface area contributed by atoms with E-state index in [2.05, 4.69) is 0 Å². The summed E-state index contributed by atoms with van der Waals surface area (Å²) in [6.07, 6.45) is 0. The predicted molar refractivity (Wildman–Crippen MR) is 173 cm³/mol. The van der Waals surface area contributed by atoms with Crippen LogP contribution in [0.3, 0.4) is 0 Å². The van der Waals surface area contributed by atoms with Gasteiger partial charge in [0.2, 0.25) is 5.78 Å². The van der Waals surface area contributed by atoms with Crippen LogP contribution in [0.15, 0.2) is 132 Å². The molecule has 9 nitrogen and oxygen atoms in total. The van der Waals surface area contributed by atoms with Crippen molar-refractivity contribution in [2.45, 2.75) is 4.90 Å². The van der Waals surface area contributed by atoms with Crippen molar-refractivity contribution in [1.29, 1.82) is 0 Å². The quantitative estimate of drug-likeness (QED) is 0.152. The van der Waals surface area contributed by atoms with Gasteiger partial charge in [-0.15, -0.1) is 0 Å². The topological polar surface area (TPSA) is 127 Å². The van der Waals surface area contributed by atoms with Crippen LogP contribution in [0.4, 0.5) is 0 Å². The van der Waals surface area contributed by atoms with E-state index in [0.717, 1.165) is 15.1 Å². The number of nitrogens with zero attached hydrogens (tertiary/aromatic N) is 1. The first kappa shape index (κ1) is 32.0. The fourth-order valence-corrected chi connectivity index (χ4v) is 6.27. The minimum absolute atomic E-state index is 0.0699. The van der Waals surface area contributed by atoms with Crippen LogP contribution < -0.4 is 4.74 Å². The van der Waals surface area contributed by atoms with Gasteiger partial charge in [-0.05, 0) is 53.2 Å². The van der Waals surface area contributed by atoms with Crippen LogP contribution in [0.25, 0.3) is 16.5 Å². The summed E-state index contributed by atoms with van der Waals surface area (Å²) >= 11 is 6.17. The van der Waals surface area contributed by atoms with E-state index in [-0.39, 0.29) is 44.7 Å². The lowest BCUT2D eigenvalue weighted by Gasteiger charge is -2.30. The van der Waals surface area contributed by atoms with E-state index in [0.29, 0.717) is 5.75 Å². The molecule has 0 aromatic heterocycles. The number of carbonyl (C=O) groups is 3. The molecule has 5 aromatic carbocycles. The number of aliphatic carboxylic acids is 1. The number of hydrogen-bond donors (Lipinski definition) is 1. The number of Topliss-reactive ketones (excluding diaryl/α,β-unsaturated/α-hetero) is 1. The highest BCUT2D eigenvalue weighted by molar-refractivity contribution is 7.89. The Morgan fingerprint density at radius 3 is 2.13 bits per heavy atom. The van der Waals surface area contributed by atoms with Crippen LogP contribution in [0.1, 0.15) is 26.3 Å². The van der Waals surface area contributed by atoms with Crippen molar-refractivity contribution < 1.29 is 37.4 Å². The normalized spacial score (nSPS) is 13.2. The molecule has 5 aromatic rings. The smallest absolute Gasteiger partial charge is 0.345 e. The van der Waals surface area contributed by atoms with Crippen molar-refractivity contribution in [2.24, 2.45) is 0 Å². The number of sulfonamides is 1. The summed E-state index contributed by atoms with van der Waals surface area (Å²) in [4.78, 5) is 36.8. The minimum atomic E-state index is -4.07. The van der Waals surface area contributed by atoms with Gasteiger partial charge in [0, 0.05) is 18.2 Å². The highest BCUT2D eigenvalue weighted by atomic mass is 35.5. The summed E-state index contributed by atoms with van der Waals surface area (Å²) < 4.78 is 38.0. The number of carboxylic acids is 1. The average molecular weight is 656 g/mol. The number of carbonyl (C=O) groups excluding carboxylic acids is 2. The highest BCUT2D eigenvalue weighted by Gasteiger charge is 2.40. The molecule has 0 spiro atoms. The number of ether oxygens (including phenoxy) is 2. The number of ketones is 1. The second-order valence-electron chi connectivity index (χ2n) is 9.90. The van der Waals surface area contributed by atoms with Crippen LogP contribution in [0, 0.1) is 0 Å². The van der Waals surface area contributed by atoms with E-state index in [1.807, 2.05) is 30.3 Å². The largest absolute Gasteiger partial charge is 0.482 e. The second-order valence-corrected chi connectivity index (χ2v) is 12.2. The Kier molecular flexibility index (Phi) is 9.50. The van der Waals surface area contributed by atoms with E-state index >= 15 is 0 Å². The molecule has 0 unspecified atom stereocenters. The molecular weight excluding hydrogens is 630 g/mol. The van der Waals surface area contributed by atoms with Crippen molar-refractivity contribution >= 4 is 55.9 Å². The lowest BCUT2D eigenvalue weighted by molar-refractivity contribution is -0.139. The van der Waals surface area contributed by atoms with Crippen molar-refractivity contribution in [1.82, 2.24) is 4.31 Å². The Labute approximate surface area is 269 Å². The number of fused-ring (bicyclic) bond motifs is 2. The molecule has 0 aliphatic carbocycles. The molecule has 1 N–H and O–H groups in total. The molecule has 1 aliphatic rings. The summed E-state index contributed by atoms with van der Waals surface area (Å²) in [5.41, 5.74) is 0.202. The fraction of sp³-hybridized carbons (Fsp3) is 0.0571. The number of hydrogen-bond acceptors (Lipinski definition) is 7. The zero-order chi connectivity index (χ0) is 32.8. The molecule has 0 saturated carbocycles. The van der Waals surface area contributed by atoms with Gasteiger partial charge in [0.15, 0.2) is 12.4 Å². The van der Waals surface area contributed by atoms with Crippen LogP contribution in [-0.2, 0) is 19.6 Å². The Morgan fingerprint density at radius 1 is 0.783 bits per heavy atom. The lowest BCUT2D eigenvalue weighted by Crippen LogP contribution is -2.36. The maximum absolute atomic E-state index is 13.8. The Balaban J connectivity index is 0.000000322. The summed E-state index contributed by atoms with van der Waals surface area (Å²) in [5.74, 6) is -1.94. The maximum Gasteiger partial charge on any atom is 0.345 e. The van der Waals surface area contributed by atoms with Gasteiger partial charge in [-0.1, -0.05) is 90.5 Å². The summed E-state index contributed by atoms with van der Waals surface area (Å²) in [6, 6.07) is 33.8. The third kappa shape index (κ3) is 6.78. The van der Waals surface area contributed by atoms with Gasteiger partial charge in [-0.25, -0.2) is 18.0 Å². The number of benzene rings is 5. The van der Waals surface area contributed by atoms with Crippen molar-refractivity contribution in [3.05, 3.63) is 149 Å². The summed E-state index contributed by atoms with van der Waals surface area (Å²) in [6.45, 7) is -0.288. The van der Waals surface area contributed by atoms with Gasteiger partial charge in [0.1, 0.15) is 11.4 Å². The van der Waals surface area contributed by atoms with E-state index in [4.69, 9.17) is 26.2 Å². The summed E-state index contributed by atoms with van der Waals surface area (Å²) in [5, 5.41) is 10.2. The Bertz CT molecular complexity index is 2090. The third-order valence-corrected chi connectivity index (χ3v) is 9.07. The Hall–Kier alpha value is -5.45. The number of esters is 1. The average Bonchev–Trinajstić information content (AvgIpc) is 3.07. The Morgan fingerprint density at radius 2 is 1.41 bits per heavy atom. The van der Waals surface area contributed by atoms with Gasteiger partial charge in [0.05, 0.1) is 15.5 Å². The number of carboxylic acid groups (broad SMARTS) is 1. The monoisotopic (exact) mass is 655 g/mol. The molecule has 6 rings (SSSR count). The van der Waals surface area contributed by atoms with Gasteiger partial charge in [-0.3, -0.25) is 9.10 Å². The van der Waals surface area contributed by atoms with E-state index in [1.54, 1.807) is 72.8 Å². The lowest BCUT2D eigenvalue weighted by atomic mass is 10.0. The van der Waals surface area contributed by atoms with Crippen LogP contribution in [-0.4, -0.2) is 49.2 Å². The van der Waals surface area contributed by atoms with E-state index in [1.165, 1.54) is 25.2 Å². The fourth-order valence-electron chi connectivity index (χ4n) is 4.67. The molecular formula is C35H26ClNO8S. The predicted octanol–water partition coefficient (Wildman–Crippen LogP) is 6.69. The number of halogens is 1. The molecule has 0 fully saturated rings. The van der Waals surface area contributed by atoms with Crippen molar-refractivity contribution in [2.75, 3.05) is 13.7 Å². The van der Waals surface area contributed by atoms with Gasteiger partial charge in [0.25, 0.3) is 10.0 Å². The second kappa shape index (κ2) is 13.7. The van der Waals surface area contributed by atoms with Crippen LogP contribution >= 0.6 is 11.6 Å². The van der Waals surface area contributed by atoms with Crippen LogP contribution in [0.2, 0.25) is 5.02 Å². The minimum Gasteiger partial charge on any atom is -0.482 e. The van der Waals surface area contributed by atoms with Gasteiger partial charge in [-0.2, -0.15) is 0 Å². The van der Waals surface area contributed by atoms with E-state index in [9.17, 15) is 22.8 Å². The SMILES string of the molecule is CN1C(C(=O)c2ccc3ccccc3c2)=C(OC(=O)c2ccccc2Cl)c2ccccc2S1(=O)=O.O=C(O)COc1ccccc1. The molecule has 0 bridgehead atoms. The maximum atomic E-state index is 13.8. The molecule has 0 atom stereocenters. The standard InChI is InChI=1S/C27H18ClNO5S.C8H8O3/c1-29-24(25(30)19-15-14-17-8-2-3-9-18(17)16-19)26(21-11-5-7-13-23(21)35(29,32)33)34-27(31)20-10-4-6-12-22(20)28;9-8(10)6-11-7-4-2-1-3-5-7/h2-16H,1H3;1-5H,6H2,(H,9,10). The van der Waals surface area contributed by atoms with Gasteiger partial charge < -0.3 is 14.6 Å². The number of para-hydroxylation sites is 1.